The van der Waals surface area contributed by atoms with Gasteiger partial charge in [-0.05, 0) is 108 Å². The topological polar surface area (TPSA) is 108 Å². The molecule has 1 aromatic rings. The van der Waals surface area contributed by atoms with Crippen molar-refractivity contribution in [1.29, 1.82) is 0 Å². The SMILES string of the molecule is CC(=O)C(C)CCCCNC(=O)CCCCCCC(=P)CCC(O)OC1CCC2C3Cc4ccc(O)c5c4C2(CCN3C)C1O5. The van der Waals surface area contributed by atoms with E-state index in [1.807, 2.05) is 6.92 Å². The maximum Gasteiger partial charge on any atom is 0.219 e. The smallest absolute Gasteiger partial charge is 0.219 e. The lowest BCUT2D eigenvalue weighted by Gasteiger charge is -2.59. The van der Waals surface area contributed by atoms with Crippen LogP contribution in [-0.4, -0.2) is 76.8 Å². The zero-order chi connectivity index (χ0) is 32.1. The van der Waals surface area contributed by atoms with E-state index in [0.717, 1.165) is 90.0 Å². The largest absolute Gasteiger partial charge is 0.504 e. The van der Waals surface area contributed by atoms with Gasteiger partial charge in [0.05, 0.1) is 6.10 Å². The lowest BCUT2D eigenvalue weighted by Crippen LogP contribution is -2.66. The van der Waals surface area contributed by atoms with Gasteiger partial charge in [0.1, 0.15) is 11.9 Å². The van der Waals surface area contributed by atoms with E-state index in [4.69, 9.17) is 9.47 Å². The van der Waals surface area contributed by atoms with Crippen molar-refractivity contribution in [3.8, 4) is 11.5 Å². The Labute approximate surface area is 271 Å². The highest BCUT2D eigenvalue weighted by molar-refractivity contribution is 7.21. The van der Waals surface area contributed by atoms with Crippen LogP contribution in [0.1, 0.15) is 115 Å². The summed E-state index contributed by atoms with van der Waals surface area (Å²) in [5.74, 6) is 1.81. The number of amides is 1. The van der Waals surface area contributed by atoms with Crippen LogP contribution < -0.4 is 10.1 Å². The fraction of sp³-hybridized carbons (Fsp3) is 0.750. The molecule has 7 atom stereocenters. The third-order valence-corrected chi connectivity index (χ3v) is 11.8. The number of rotatable bonds is 18. The van der Waals surface area contributed by atoms with Crippen molar-refractivity contribution in [3.63, 3.8) is 0 Å². The summed E-state index contributed by atoms with van der Waals surface area (Å²) in [6.45, 7) is 5.29. The number of benzene rings is 1. The molecule has 0 radical (unpaired) electrons. The number of likely N-dealkylation sites (tertiary alicyclic amines) is 1. The molecule has 45 heavy (non-hydrogen) atoms. The van der Waals surface area contributed by atoms with Gasteiger partial charge in [0.2, 0.25) is 5.91 Å². The molecular formula is C36H55N2O6P. The predicted octanol–water partition coefficient (Wildman–Crippen LogP) is 5.71. The molecule has 2 aliphatic heterocycles. The summed E-state index contributed by atoms with van der Waals surface area (Å²) in [5.41, 5.74) is 2.36. The molecule has 8 nitrogen and oxygen atoms in total. The highest BCUT2D eigenvalue weighted by Crippen LogP contribution is 2.64. The Kier molecular flexibility index (Phi) is 11.7. The molecule has 1 saturated carbocycles. The van der Waals surface area contributed by atoms with Crippen LogP contribution in [0, 0.1) is 11.8 Å². The van der Waals surface area contributed by atoms with Crippen molar-refractivity contribution in [2.24, 2.45) is 11.8 Å². The van der Waals surface area contributed by atoms with Crippen LogP contribution in [0.4, 0.5) is 0 Å². The number of aliphatic hydroxyl groups excluding tert-OH is 1. The molecule has 1 spiro atoms. The molecule has 2 aliphatic carbocycles. The average molecular weight is 643 g/mol. The predicted molar refractivity (Wildman–Crippen MR) is 180 cm³/mol. The Morgan fingerprint density at radius 2 is 1.89 bits per heavy atom. The fourth-order valence-electron chi connectivity index (χ4n) is 8.59. The Morgan fingerprint density at radius 1 is 1.11 bits per heavy atom. The van der Waals surface area contributed by atoms with E-state index in [2.05, 4.69) is 32.2 Å². The van der Waals surface area contributed by atoms with E-state index >= 15 is 0 Å². The Bertz CT molecular complexity index is 1220. The number of Topliss-reactive ketones (excluding diaryl/α,β-unsaturated/α-hetero) is 1. The number of carbonyl (C=O) groups excluding carboxylic acids is 2. The highest BCUT2D eigenvalue weighted by atomic mass is 31.0. The van der Waals surface area contributed by atoms with Crippen molar-refractivity contribution >= 4 is 25.8 Å². The van der Waals surface area contributed by atoms with E-state index in [9.17, 15) is 19.8 Å². The van der Waals surface area contributed by atoms with Crippen LogP contribution in [0.15, 0.2) is 12.1 Å². The fourth-order valence-corrected chi connectivity index (χ4v) is 8.91. The maximum absolute atomic E-state index is 12.1. The number of unbranched alkanes of at least 4 members (excludes halogenated alkanes) is 4. The van der Waals surface area contributed by atoms with Crippen molar-refractivity contribution in [2.75, 3.05) is 20.1 Å². The van der Waals surface area contributed by atoms with Crippen molar-refractivity contribution in [3.05, 3.63) is 23.3 Å². The summed E-state index contributed by atoms with van der Waals surface area (Å²) in [6, 6.07) is 4.33. The Balaban J connectivity index is 0.978. The molecule has 2 fully saturated rings. The summed E-state index contributed by atoms with van der Waals surface area (Å²) in [4.78, 5) is 25.9. The number of hydrogen-bond donors (Lipinski definition) is 3. The number of nitrogens with zero attached hydrogens (tertiary/aromatic N) is 1. The summed E-state index contributed by atoms with van der Waals surface area (Å²) in [5, 5.41) is 25.9. The number of aromatic hydroxyl groups is 1. The molecule has 250 valence electrons. The van der Waals surface area contributed by atoms with E-state index in [-0.39, 0.29) is 41.0 Å². The second-order valence-electron chi connectivity index (χ2n) is 14.3. The van der Waals surface area contributed by atoms with Gasteiger partial charge in [-0.25, -0.2) is 0 Å². The van der Waals surface area contributed by atoms with Crippen molar-refractivity contribution < 1.29 is 29.3 Å². The lowest BCUT2D eigenvalue weighted by atomic mass is 9.51. The molecule has 4 aliphatic rings. The van der Waals surface area contributed by atoms with E-state index in [1.165, 1.54) is 16.4 Å². The third-order valence-electron chi connectivity index (χ3n) is 11.3. The molecule has 3 N–H and O–H groups in total. The number of carbonyl (C=O) groups is 2. The van der Waals surface area contributed by atoms with Gasteiger partial charge >= 0.3 is 0 Å². The van der Waals surface area contributed by atoms with Gasteiger partial charge in [-0.15, -0.1) is 8.86 Å². The zero-order valence-corrected chi connectivity index (χ0v) is 28.6. The molecule has 9 heteroatoms. The summed E-state index contributed by atoms with van der Waals surface area (Å²) in [6.07, 6.45) is 12.2. The summed E-state index contributed by atoms with van der Waals surface area (Å²) >= 11 is 0. The molecule has 2 bridgehead atoms. The minimum Gasteiger partial charge on any atom is -0.504 e. The average Bonchev–Trinajstić information content (AvgIpc) is 3.37. The first-order valence-electron chi connectivity index (χ1n) is 17.5. The Morgan fingerprint density at radius 3 is 2.67 bits per heavy atom. The van der Waals surface area contributed by atoms with Gasteiger partial charge in [0, 0.05) is 42.3 Å². The maximum atomic E-state index is 12.1. The molecule has 2 heterocycles. The summed E-state index contributed by atoms with van der Waals surface area (Å²) in [7, 11) is 6.02. The second-order valence-corrected chi connectivity index (χ2v) is 15.0. The number of aliphatic hydroxyl groups is 1. The minimum atomic E-state index is -0.864. The van der Waals surface area contributed by atoms with Crippen LogP contribution in [-0.2, 0) is 26.2 Å². The van der Waals surface area contributed by atoms with E-state index < -0.39 is 6.29 Å². The van der Waals surface area contributed by atoms with E-state index in [1.54, 1.807) is 13.0 Å². The molecule has 1 amide bonds. The van der Waals surface area contributed by atoms with Crippen molar-refractivity contribution in [2.45, 2.75) is 140 Å². The van der Waals surface area contributed by atoms with E-state index in [0.29, 0.717) is 37.1 Å². The number of nitrogens with one attached hydrogen (secondary N) is 1. The van der Waals surface area contributed by atoms with Crippen LogP contribution in [0.3, 0.4) is 0 Å². The first kappa shape index (κ1) is 34.3. The summed E-state index contributed by atoms with van der Waals surface area (Å²) < 4.78 is 12.9. The molecule has 1 aromatic carbocycles. The first-order valence-corrected chi connectivity index (χ1v) is 18.0. The van der Waals surface area contributed by atoms with Gasteiger partial charge in [-0.3, -0.25) is 9.59 Å². The monoisotopic (exact) mass is 642 g/mol. The highest BCUT2D eigenvalue weighted by Gasteiger charge is 2.65. The third kappa shape index (κ3) is 7.61. The molecule has 5 rings (SSSR count). The Hall–Kier alpha value is -1.99. The standard InChI is InChI=1S/C36H55N2O6P/c1-23(24(2)39)10-8-9-20-37-31(41)12-7-5-4-6-11-26(45)14-18-32(42)43-30-17-15-27-28-22-25-13-16-29(40)34-33(25)36(27,35(30)44-34)19-21-38(28)3/h13,16,23,27-28,30,32,35,40,42,45H,4-12,14-15,17-22H2,1-3H3,(H,37,41). The number of phenolic OH excluding ortho intramolecular Hbond substituents is 1. The number of likely N-dealkylation sites (N-methyl/N-ethyl adjacent to an activating group) is 1. The molecular weight excluding hydrogens is 587 g/mol. The van der Waals surface area contributed by atoms with Gasteiger partial charge in [-0.2, -0.15) is 0 Å². The van der Waals surface area contributed by atoms with Crippen molar-refractivity contribution in [1.82, 2.24) is 10.2 Å². The molecule has 7 unspecified atom stereocenters. The van der Waals surface area contributed by atoms with Gasteiger partial charge in [-0.1, -0.05) is 32.3 Å². The molecule has 0 aromatic heterocycles. The number of ketones is 1. The molecule has 1 saturated heterocycles. The second kappa shape index (κ2) is 15.3. The van der Waals surface area contributed by atoms with Crippen LogP contribution in [0.25, 0.3) is 0 Å². The van der Waals surface area contributed by atoms with Gasteiger partial charge in [0.15, 0.2) is 17.8 Å². The van der Waals surface area contributed by atoms with Crippen LogP contribution >= 0.6 is 8.86 Å². The first-order chi connectivity index (χ1) is 21.6. The number of piperidine rings is 1. The number of ether oxygens (including phenoxy) is 2. The quantitative estimate of drug-likeness (QED) is 0.107. The number of phenols is 1. The normalized spacial score (nSPS) is 27.7. The number of hydrogen-bond acceptors (Lipinski definition) is 7. The minimum absolute atomic E-state index is 0.112. The lowest BCUT2D eigenvalue weighted by molar-refractivity contribution is -0.195. The van der Waals surface area contributed by atoms with Crippen LogP contribution in [0.2, 0.25) is 0 Å². The van der Waals surface area contributed by atoms with Crippen LogP contribution in [0.5, 0.6) is 11.5 Å². The van der Waals surface area contributed by atoms with Gasteiger partial charge in [0.25, 0.3) is 0 Å². The zero-order valence-electron chi connectivity index (χ0n) is 27.6. The van der Waals surface area contributed by atoms with Gasteiger partial charge < -0.3 is 29.9 Å².